The van der Waals surface area contributed by atoms with Crippen molar-refractivity contribution in [2.24, 2.45) is 5.10 Å². The number of amides is 1. The third-order valence-corrected chi connectivity index (χ3v) is 4.78. The Morgan fingerprint density at radius 2 is 1.85 bits per heavy atom. The van der Waals surface area contributed by atoms with Crippen molar-refractivity contribution in [1.29, 1.82) is 0 Å². The Labute approximate surface area is 172 Å². The Morgan fingerprint density at radius 3 is 2.56 bits per heavy atom. The molecule has 0 unspecified atom stereocenters. The Kier molecular flexibility index (Phi) is 6.28. The second kappa shape index (κ2) is 8.85. The number of aryl methyl sites for hydroxylation is 1. The first-order valence-corrected chi connectivity index (χ1v) is 9.57. The number of hydrogen-bond donors (Lipinski definition) is 1. The van der Waals surface area contributed by atoms with Crippen LogP contribution in [-0.2, 0) is 4.79 Å². The molecule has 1 amide bonds. The molecule has 1 N–H and O–H groups in total. The van der Waals surface area contributed by atoms with Crippen LogP contribution in [0.5, 0.6) is 5.75 Å². The molecule has 27 heavy (non-hydrogen) atoms. The van der Waals surface area contributed by atoms with Crippen LogP contribution in [0, 0.1) is 17.4 Å². The molecule has 0 radical (unpaired) electrons. The molecule has 0 atom stereocenters. The molecule has 3 aromatic rings. The van der Waals surface area contributed by atoms with Gasteiger partial charge in [-0.15, -0.1) is 0 Å². The summed E-state index contributed by atoms with van der Waals surface area (Å²) in [6.45, 7) is 4.00. The number of hydrazone groups is 1. The fourth-order valence-corrected chi connectivity index (χ4v) is 3.14. The highest BCUT2D eigenvalue weighted by Gasteiger charge is 2.09. The molecule has 0 fully saturated rings. The van der Waals surface area contributed by atoms with Gasteiger partial charge in [0.2, 0.25) is 0 Å². The summed E-state index contributed by atoms with van der Waals surface area (Å²) in [6, 6.07) is 19.6. The van der Waals surface area contributed by atoms with E-state index in [1.54, 1.807) is 18.3 Å². The number of nitrogens with one attached hydrogen (secondary N) is 1. The van der Waals surface area contributed by atoms with Crippen LogP contribution in [0.15, 0.2) is 65.8 Å². The van der Waals surface area contributed by atoms with E-state index in [0.717, 1.165) is 22.6 Å². The average Bonchev–Trinajstić information content (AvgIpc) is 2.95. The van der Waals surface area contributed by atoms with Gasteiger partial charge in [0.05, 0.1) is 6.21 Å². The van der Waals surface area contributed by atoms with E-state index in [4.69, 9.17) is 4.74 Å². The molecule has 1 aromatic heterocycles. The molecule has 0 spiro atoms. The van der Waals surface area contributed by atoms with Gasteiger partial charge in [-0.25, -0.2) is 5.43 Å². The first-order valence-electron chi connectivity index (χ1n) is 8.49. The molecule has 0 aliphatic heterocycles. The van der Waals surface area contributed by atoms with Crippen LogP contribution in [-0.4, -0.2) is 23.3 Å². The van der Waals surface area contributed by atoms with Crippen LogP contribution in [0.2, 0.25) is 0 Å². The lowest BCUT2D eigenvalue weighted by molar-refractivity contribution is -0.123. The smallest absolute Gasteiger partial charge is 0.277 e. The number of hydrogen-bond acceptors (Lipinski definition) is 3. The van der Waals surface area contributed by atoms with Crippen molar-refractivity contribution < 1.29 is 9.53 Å². The maximum Gasteiger partial charge on any atom is 0.277 e. The lowest BCUT2D eigenvalue weighted by Gasteiger charge is -2.09. The fourth-order valence-electron chi connectivity index (χ4n) is 2.78. The fraction of sp³-hybridized carbons (Fsp3) is 0.143. The minimum atomic E-state index is -0.304. The minimum Gasteiger partial charge on any atom is -0.484 e. The summed E-state index contributed by atoms with van der Waals surface area (Å²) in [5.74, 6) is 0.347. The average molecular weight is 473 g/mol. The summed E-state index contributed by atoms with van der Waals surface area (Å²) in [4.78, 5) is 11.9. The highest BCUT2D eigenvalue weighted by Crippen LogP contribution is 2.20. The molecule has 0 aliphatic carbocycles. The number of para-hydroxylation sites is 1. The van der Waals surface area contributed by atoms with E-state index in [1.807, 2.05) is 31.2 Å². The number of aromatic nitrogens is 1. The Morgan fingerprint density at radius 1 is 1.15 bits per heavy atom. The van der Waals surface area contributed by atoms with Gasteiger partial charge in [0, 0.05) is 26.2 Å². The molecule has 0 aliphatic rings. The predicted molar refractivity (Wildman–Crippen MR) is 116 cm³/mol. The lowest BCUT2D eigenvalue weighted by atomic mass is 10.2. The SMILES string of the molecule is Cc1cc(/C=N\NC(=O)COc2ccccc2)c(C)n1-c1ccc(I)cc1. The van der Waals surface area contributed by atoms with Gasteiger partial charge in [-0.1, -0.05) is 18.2 Å². The lowest BCUT2D eigenvalue weighted by Crippen LogP contribution is -2.24. The van der Waals surface area contributed by atoms with Gasteiger partial charge >= 0.3 is 0 Å². The van der Waals surface area contributed by atoms with Crippen molar-refractivity contribution in [3.05, 3.63) is 81.2 Å². The van der Waals surface area contributed by atoms with Crippen molar-refractivity contribution in [3.8, 4) is 11.4 Å². The summed E-state index contributed by atoms with van der Waals surface area (Å²) in [5.41, 5.74) is 6.72. The van der Waals surface area contributed by atoms with Crippen LogP contribution in [0.3, 0.4) is 0 Å². The zero-order valence-electron chi connectivity index (χ0n) is 15.1. The van der Waals surface area contributed by atoms with E-state index in [1.165, 1.54) is 3.57 Å². The van der Waals surface area contributed by atoms with Crippen molar-refractivity contribution >= 4 is 34.7 Å². The van der Waals surface area contributed by atoms with Crippen molar-refractivity contribution in [3.63, 3.8) is 0 Å². The maximum absolute atomic E-state index is 11.9. The van der Waals surface area contributed by atoms with E-state index in [9.17, 15) is 4.79 Å². The number of halogens is 1. The first kappa shape index (κ1) is 19.2. The number of rotatable bonds is 6. The molecule has 1 heterocycles. The van der Waals surface area contributed by atoms with E-state index >= 15 is 0 Å². The molecule has 0 saturated heterocycles. The Balaban J connectivity index is 1.63. The van der Waals surface area contributed by atoms with Crippen LogP contribution < -0.4 is 10.2 Å². The van der Waals surface area contributed by atoms with E-state index < -0.39 is 0 Å². The van der Waals surface area contributed by atoms with Gasteiger partial charge in [-0.05, 0) is 78.9 Å². The molecular formula is C21H20IN3O2. The minimum absolute atomic E-state index is 0.0803. The summed E-state index contributed by atoms with van der Waals surface area (Å²) >= 11 is 2.29. The number of ether oxygens (including phenoxy) is 1. The molecule has 2 aromatic carbocycles. The highest BCUT2D eigenvalue weighted by atomic mass is 127. The molecule has 0 saturated carbocycles. The first-order chi connectivity index (χ1) is 13.0. The van der Waals surface area contributed by atoms with Gasteiger partial charge < -0.3 is 9.30 Å². The predicted octanol–water partition coefficient (Wildman–Crippen LogP) is 4.23. The summed E-state index contributed by atoms with van der Waals surface area (Å²) in [6.07, 6.45) is 1.66. The third kappa shape index (κ3) is 4.97. The monoisotopic (exact) mass is 473 g/mol. The summed E-state index contributed by atoms with van der Waals surface area (Å²) in [5, 5.41) is 4.06. The van der Waals surface area contributed by atoms with Gasteiger partial charge in [0.1, 0.15) is 5.75 Å². The van der Waals surface area contributed by atoms with Gasteiger partial charge in [-0.3, -0.25) is 4.79 Å². The van der Waals surface area contributed by atoms with Gasteiger partial charge in [-0.2, -0.15) is 5.10 Å². The Hall–Kier alpha value is -2.61. The zero-order chi connectivity index (χ0) is 19.2. The molecule has 138 valence electrons. The third-order valence-electron chi connectivity index (χ3n) is 4.06. The number of carbonyl (C=O) groups is 1. The summed E-state index contributed by atoms with van der Waals surface area (Å²) < 4.78 is 8.75. The molecule has 6 heteroatoms. The highest BCUT2D eigenvalue weighted by molar-refractivity contribution is 14.1. The molecular weight excluding hydrogens is 453 g/mol. The Bertz CT molecular complexity index is 948. The molecule has 3 rings (SSSR count). The van der Waals surface area contributed by atoms with Crippen LogP contribution in [0.4, 0.5) is 0 Å². The number of carbonyl (C=O) groups excluding carboxylic acids is 1. The van der Waals surface area contributed by atoms with Crippen LogP contribution in [0.25, 0.3) is 5.69 Å². The molecule has 5 nitrogen and oxygen atoms in total. The van der Waals surface area contributed by atoms with E-state index in [0.29, 0.717) is 5.75 Å². The quantitative estimate of drug-likeness (QED) is 0.331. The van der Waals surface area contributed by atoms with Crippen molar-refractivity contribution in [1.82, 2.24) is 9.99 Å². The maximum atomic E-state index is 11.9. The molecule has 0 bridgehead atoms. The van der Waals surface area contributed by atoms with Crippen molar-refractivity contribution in [2.45, 2.75) is 13.8 Å². The second-order valence-electron chi connectivity index (χ2n) is 6.03. The number of benzene rings is 2. The van der Waals surface area contributed by atoms with Crippen molar-refractivity contribution in [2.75, 3.05) is 6.61 Å². The van der Waals surface area contributed by atoms with E-state index in [-0.39, 0.29) is 12.5 Å². The van der Waals surface area contributed by atoms with Gasteiger partial charge in [0.25, 0.3) is 5.91 Å². The van der Waals surface area contributed by atoms with Gasteiger partial charge in [0.15, 0.2) is 6.61 Å². The van der Waals surface area contributed by atoms with Crippen LogP contribution >= 0.6 is 22.6 Å². The largest absolute Gasteiger partial charge is 0.484 e. The zero-order valence-corrected chi connectivity index (χ0v) is 17.3. The van der Waals surface area contributed by atoms with E-state index in [2.05, 4.69) is 68.9 Å². The summed E-state index contributed by atoms with van der Waals surface area (Å²) in [7, 11) is 0. The van der Waals surface area contributed by atoms with Crippen LogP contribution in [0.1, 0.15) is 17.0 Å². The topological polar surface area (TPSA) is 55.6 Å². The normalized spacial score (nSPS) is 10.9. The second-order valence-corrected chi connectivity index (χ2v) is 7.28. The number of nitrogens with zero attached hydrogens (tertiary/aromatic N) is 2. The standard InChI is InChI=1S/C21H20IN3O2/c1-15-12-17(16(2)25(15)19-10-8-18(22)9-11-19)13-23-24-21(26)14-27-20-6-4-3-5-7-20/h3-13H,14H2,1-2H3,(H,24,26)/b23-13-.